The van der Waals surface area contributed by atoms with Gasteiger partial charge in [0.1, 0.15) is 0 Å². The van der Waals surface area contributed by atoms with Gasteiger partial charge in [0.15, 0.2) is 11.6 Å². The lowest BCUT2D eigenvalue weighted by Crippen LogP contribution is -2.01. The van der Waals surface area contributed by atoms with Crippen LogP contribution in [0.1, 0.15) is 15.9 Å². The van der Waals surface area contributed by atoms with E-state index in [9.17, 15) is 18.7 Å². The molecule has 0 spiro atoms. The van der Waals surface area contributed by atoms with Gasteiger partial charge >= 0.3 is 5.97 Å². The monoisotopic (exact) mass is 299 g/mol. The summed E-state index contributed by atoms with van der Waals surface area (Å²) in [6.45, 7) is 1.86. The fourth-order valence-electron chi connectivity index (χ4n) is 2.32. The topological polar surface area (TPSA) is 50.2 Å². The molecule has 0 aliphatic carbocycles. The van der Waals surface area contributed by atoms with Crippen molar-refractivity contribution in [1.82, 2.24) is 4.98 Å². The highest BCUT2D eigenvalue weighted by Crippen LogP contribution is 2.26. The van der Waals surface area contributed by atoms with Crippen molar-refractivity contribution >= 4 is 16.9 Å². The Morgan fingerprint density at radius 2 is 1.82 bits per heavy atom. The van der Waals surface area contributed by atoms with Crippen molar-refractivity contribution in [3.05, 3.63) is 65.2 Å². The van der Waals surface area contributed by atoms with Crippen LogP contribution in [0.4, 0.5) is 8.78 Å². The van der Waals surface area contributed by atoms with Gasteiger partial charge in [-0.25, -0.2) is 18.6 Å². The number of carbonyl (C=O) groups is 1. The zero-order valence-electron chi connectivity index (χ0n) is 11.6. The van der Waals surface area contributed by atoms with Crippen LogP contribution in [0.15, 0.2) is 42.5 Å². The van der Waals surface area contributed by atoms with Crippen molar-refractivity contribution in [2.24, 2.45) is 0 Å². The van der Waals surface area contributed by atoms with Gasteiger partial charge in [0.2, 0.25) is 0 Å². The van der Waals surface area contributed by atoms with E-state index in [0.29, 0.717) is 16.5 Å². The van der Waals surface area contributed by atoms with E-state index in [1.54, 1.807) is 12.1 Å². The summed E-state index contributed by atoms with van der Waals surface area (Å²) in [5, 5.41) is 9.89. The van der Waals surface area contributed by atoms with Gasteiger partial charge in [0.05, 0.1) is 16.8 Å². The Morgan fingerprint density at radius 1 is 1.05 bits per heavy atom. The second kappa shape index (κ2) is 5.18. The standard InChI is InChI=1S/C17H11F2NO2/c1-9-2-5-15-11(6-9)12(17(21)22)8-16(20-15)10-3-4-13(18)14(19)7-10/h2-8H,1H3,(H,21,22). The Hall–Kier alpha value is -2.82. The Morgan fingerprint density at radius 3 is 2.50 bits per heavy atom. The van der Waals surface area contributed by atoms with Gasteiger partial charge < -0.3 is 5.11 Å². The molecule has 0 radical (unpaired) electrons. The molecule has 0 atom stereocenters. The number of hydrogen-bond donors (Lipinski definition) is 1. The molecule has 1 N–H and O–H groups in total. The largest absolute Gasteiger partial charge is 0.478 e. The van der Waals surface area contributed by atoms with Crippen molar-refractivity contribution in [3.8, 4) is 11.3 Å². The van der Waals surface area contributed by atoms with Crippen LogP contribution >= 0.6 is 0 Å². The van der Waals surface area contributed by atoms with Crippen molar-refractivity contribution in [2.45, 2.75) is 6.92 Å². The molecule has 0 amide bonds. The first-order valence-corrected chi connectivity index (χ1v) is 6.56. The average molecular weight is 299 g/mol. The van der Waals surface area contributed by atoms with E-state index in [2.05, 4.69) is 4.98 Å². The predicted octanol–water partition coefficient (Wildman–Crippen LogP) is 4.19. The maximum atomic E-state index is 13.4. The highest BCUT2D eigenvalue weighted by atomic mass is 19.2. The Balaban J connectivity index is 2.29. The molecule has 0 fully saturated rings. The Labute approximate surface area is 124 Å². The maximum Gasteiger partial charge on any atom is 0.336 e. The number of pyridine rings is 1. The normalized spacial score (nSPS) is 10.9. The molecular weight excluding hydrogens is 288 g/mol. The molecule has 0 aliphatic heterocycles. The maximum absolute atomic E-state index is 13.4. The molecule has 1 aromatic heterocycles. The number of carboxylic acids is 1. The molecule has 2 aromatic carbocycles. The fraction of sp³-hybridized carbons (Fsp3) is 0.0588. The summed E-state index contributed by atoms with van der Waals surface area (Å²) < 4.78 is 26.4. The third-order valence-corrected chi connectivity index (χ3v) is 3.41. The average Bonchev–Trinajstić information content (AvgIpc) is 2.48. The molecule has 0 saturated carbocycles. The molecule has 22 heavy (non-hydrogen) atoms. The summed E-state index contributed by atoms with van der Waals surface area (Å²) in [4.78, 5) is 15.8. The van der Waals surface area contributed by atoms with E-state index in [1.807, 2.05) is 13.0 Å². The highest BCUT2D eigenvalue weighted by Gasteiger charge is 2.14. The smallest absolute Gasteiger partial charge is 0.336 e. The lowest BCUT2D eigenvalue weighted by molar-refractivity contribution is 0.0699. The minimum atomic E-state index is -1.10. The number of halogens is 2. The van der Waals surface area contributed by atoms with Gasteiger partial charge in [0, 0.05) is 10.9 Å². The van der Waals surface area contributed by atoms with E-state index in [0.717, 1.165) is 17.7 Å². The first-order valence-electron chi connectivity index (χ1n) is 6.56. The van der Waals surface area contributed by atoms with E-state index in [1.165, 1.54) is 12.1 Å². The summed E-state index contributed by atoms with van der Waals surface area (Å²) in [6.07, 6.45) is 0. The van der Waals surface area contributed by atoms with Gasteiger partial charge in [-0.2, -0.15) is 0 Å². The molecule has 0 unspecified atom stereocenters. The van der Waals surface area contributed by atoms with Crippen LogP contribution in [0.2, 0.25) is 0 Å². The van der Waals surface area contributed by atoms with E-state index in [-0.39, 0.29) is 11.3 Å². The number of carboxylic acid groups (broad SMARTS) is 1. The van der Waals surface area contributed by atoms with Crippen LogP contribution in [0, 0.1) is 18.6 Å². The summed E-state index contributed by atoms with van der Waals surface area (Å²) in [5.74, 6) is -3.05. The lowest BCUT2D eigenvalue weighted by atomic mass is 10.0. The molecule has 1 heterocycles. The number of aromatic nitrogens is 1. The summed E-state index contributed by atoms with van der Waals surface area (Å²) in [6, 6.07) is 10.00. The molecule has 110 valence electrons. The number of aryl methyl sites for hydroxylation is 1. The summed E-state index contributed by atoms with van der Waals surface area (Å²) in [5.41, 5.74) is 2.09. The Kier molecular flexibility index (Phi) is 3.33. The van der Waals surface area contributed by atoms with Gasteiger partial charge in [-0.15, -0.1) is 0 Å². The number of benzene rings is 2. The number of nitrogens with zero attached hydrogens (tertiary/aromatic N) is 1. The van der Waals surface area contributed by atoms with Crippen molar-refractivity contribution in [1.29, 1.82) is 0 Å². The van der Waals surface area contributed by atoms with Crippen LogP contribution in [0.3, 0.4) is 0 Å². The first kappa shape index (κ1) is 14.1. The van der Waals surface area contributed by atoms with Crippen molar-refractivity contribution in [2.75, 3.05) is 0 Å². The fourth-order valence-corrected chi connectivity index (χ4v) is 2.32. The van der Waals surface area contributed by atoms with Crippen LogP contribution < -0.4 is 0 Å². The van der Waals surface area contributed by atoms with E-state index < -0.39 is 17.6 Å². The first-order chi connectivity index (χ1) is 10.5. The van der Waals surface area contributed by atoms with E-state index in [4.69, 9.17) is 0 Å². The lowest BCUT2D eigenvalue weighted by Gasteiger charge is -2.08. The summed E-state index contributed by atoms with van der Waals surface area (Å²) in [7, 11) is 0. The summed E-state index contributed by atoms with van der Waals surface area (Å²) >= 11 is 0. The Bertz CT molecular complexity index is 907. The second-order valence-electron chi connectivity index (χ2n) is 5.01. The number of hydrogen-bond acceptors (Lipinski definition) is 2. The van der Waals surface area contributed by atoms with Crippen LogP contribution in [-0.2, 0) is 0 Å². The number of aromatic carboxylic acids is 1. The van der Waals surface area contributed by atoms with Crippen molar-refractivity contribution < 1.29 is 18.7 Å². The highest BCUT2D eigenvalue weighted by molar-refractivity contribution is 6.03. The van der Waals surface area contributed by atoms with Crippen molar-refractivity contribution in [3.63, 3.8) is 0 Å². The van der Waals surface area contributed by atoms with Gasteiger partial charge in [-0.05, 0) is 43.3 Å². The second-order valence-corrected chi connectivity index (χ2v) is 5.01. The minimum Gasteiger partial charge on any atom is -0.478 e. The van der Waals surface area contributed by atoms with E-state index >= 15 is 0 Å². The van der Waals surface area contributed by atoms with Gasteiger partial charge in [0.25, 0.3) is 0 Å². The third kappa shape index (κ3) is 2.41. The van der Waals surface area contributed by atoms with Gasteiger partial charge in [-0.1, -0.05) is 11.6 Å². The molecule has 5 heteroatoms. The van der Waals surface area contributed by atoms with Crippen LogP contribution in [0.25, 0.3) is 22.2 Å². The van der Waals surface area contributed by atoms with Crippen LogP contribution in [-0.4, -0.2) is 16.1 Å². The van der Waals surface area contributed by atoms with Gasteiger partial charge in [-0.3, -0.25) is 0 Å². The predicted molar refractivity (Wildman–Crippen MR) is 78.8 cm³/mol. The zero-order valence-corrected chi connectivity index (χ0v) is 11.6. The van der Waals surface area contributed by atoms with Crippen LogP contribution in [0.5, 0.6) is 0 Å². The quantitative estimate of drug-likeness (QED) is 0.772. The molecule has 0 aliphatic rings. The number of fused-ring (bicyclic) bond motifs is 1. The third-order valence-electron chi connectivity index (χ3n) is 3.41. The molecule has 0 saturated heterocycles. The molecule has 0 bridgehead atoms. The molecule has 3 aromatic rings. The molecular formula is C17H11F2NO2. The molecule has 3 rings (SSSR count). The number of rotatable bonds is 2. The zero-order chi connectivity index (χ0) is 15.9. The SMILES string of the molecule is Cc1ccc2nc(-c3ccc(F)c(F)c3)cc(C(=O)O)c2c1. The minimum absolute atomic E-state index is 0.0773. The molecule has 3 nitrogen and oxygen atoms in total.